The second kappa shape index (κ2) is 8.34. The lowest BCUT2D eigenvalue weighted by Gasteiger charge is -2.33. The van der Waals surface area contributed by atoms with Crippen LogP contribution in [0.1, 0.15) is 49.9 Å². The van der Waals surface area contributed by atoms with Gasteiger partial charge >= 0.3 is 0 Å². The van der Waals surface area contributed by atoms with E-state index in [-0.39, 0.29) is 11.8 Å². The molecule has 23 heavy (non-hydrogen) atoms. The summed E-state index contributed by atoms with van der Waals surface area (Å²) in [5, 5.41) is 3.40. The Balaban J connectivity index is 2.03. The van der Waals surface area contributed by atoms with Crippen molar-refractivity contribution in [3.63, 3.8) is 0 Å². The van der Waals surface area contributed by atoms with Crippen LogP contribution in [0.25, 0.3) is 0 Å². The van der Waals surface area contributed by atoms with Crippen LogP contribution >= 0.6 is 11.6 Å². The van der Waals surface area contributed by atoms with Gasteiger partial charge < -0.3 is 10.2 Å². The maximum Gasteiger partial charge on any atom is 0.251 e. The van der Waals surface area contributed by atoms with Gasteiger partial charge in [-0.1, -0.05) is 37.9 Å². The number of benzene rings is 1. The van der Waals surface area contributed by atoms with E-state index in [1.807, 2.05) is 11.8 Å². The Bertz CT molecular complexity index is 554. The molecule has 126 valence electrons. The van der Waals surface area contributed by atoms with Gasteiger partial charge in [-0.05, 0) is 43.4 Å². The second-order valence-corrected chi connectivity index (χ2v) is 6.77. The van der Waals surface area contributed by atoms with Crippen LogP contribution in [0, 0.1) is 5.92 Å². The number of halogens is 1. The topological polar surface area (TPSA) is 49.4 Å². The van der Waals surface area contributed by atoms with Crippen molar-refractivity contribution >= 4 is 23.4 Å². The molecule has 4 nitrogen and oxygen atoms in total. The van der Waals surface area contributed by atoms with Crippen molar-refractivity contribution in [2.75, 3.05) is 13.1 Å². The van der Waals surface area contributed by atoms with Crippen molar-refractivity contribution in [1.82, 2.24) is 10.2 Å². The Labute approximate surface area is 143 Å². The van der Waals surface area contributed by atoms with Gasteiger partial charge in [0.25, 0.3) is 5.91 Å². The Kier molecular flexibility index (Phi) is 6.46. The maximum absolute atomic E-state index is 12.7. The number of hydrogen-bond acceptors (Lipinski definition) is 2. The first-order valence-electron chi connectivity index (χ1n) is 8.36. The van der Waals surface area contributed by atoms with Crippen molar-refractivity contribution in [2.24, 2.45) is 5.92 Å². The van der Waals surface area contributed by atoms with Crippen molar-refractivity contribution < 1.29 is 9.59 Å². The van der Waals surface area contributed by atoms with E-state index in [0.29, 0.717) is 22.9 Å². The average molecular weight is 337 g/mol. The molecule has 1 N–H and O–H groups in total. The number of carbonyl (C=O) groups excluding carboxylic acids is 2. The van der Waals surface area contributed by atoms with E-state index >= 15 is 0 Å². The van der Waals surface area contributed by atoms with Crippen LogP contribution in [-0.4, -0.2) is 35.8 Å². The lowest BCUT2D eigenvalue weighted by molar-refractivity contribution is -0.134. The van der Waals surface area contributed by atoms with E-state index in [4.69, 9.17) is 11.6 Å². The summed E-state index contributed by atoms with van der Waals surface area (Å²) in [6.07, 6.45) is 3.56. The molecule has 0 spiro atoms. The number of piperidine rings is 1. The van der Waals surface area contributed by atoms with Gasteiger partial charge in [-0.15, -0.1) is 0 Å². The zero-order valence-corrected chi connectivity index (χ0v) is 14.6. The first-order chi connectivity index (χ1) is 11.0. The summed E-state index contributed by atoms with van der Waals surface area (Å²) in [5.74, 6) is 0.462. The van der Waals surface area contributed by atoms with Gasteiger partial charge in [0.15, 0.2) is 0 Å². The summed E-state index contributed by atoms with van der Waals surface area (Å²) in [4.78, 5) is 27.0. The molecule has 1 atom stereocenters. The van der Waals surface area contributed by atoms with Crippen LogP contribution in [0.2, 0.25) is 5.02 Å². The van der Waals surface area contributed by atoms with Gasteiger partial charge in [0.05, 0.1) is 0 Å². The minimum absolute atomic E-state index is 0.0362. The minimum Gasteiger partial charge on any atom is -0.341 e. The van der Waals surface area contributed by atoms with E-state index in [9.17, 15) is 9.59 Å². The SMILES string of the molecule is CCCC(NC(=O)c1cccc(Cl)c1)C(=O)N1CCC(C)CC1. The molecule has 1 heterocycles. The van der Waals surface area contributed by atoms with Gasteiger partial charge in [-0.2, -0.15) is 0 Å². The molecule has 1 aliphatic rings. The molecule has 0 saturated carbocycles. The summed E-state index contributed by atoms with van der Waals surface area (Å²) >= 11 is 5.93. The molecular weight excluding hydrogens is 312 g/mol. The summed E-state index contributed by atoms with van der Waals surface area (Å²) in [5.41, 5.74) is 0.485. The molecule has 2 rings (SSSR count). The molecule has 0 aliphatic carbocycles. The van der Waals surface area contributed by atoms with Crippen LogP contribution < -0.4 is 5.32 Å². The van der Waals surface area contributed by atoms with Crippen LogP contribution in [0.4, 0.5) is 0 Å². The van der Waals surface area contributed by atoms with Crippen LogP contribution in [-0.2, 0) is 4.79 Å². The van der Waals surface area contributed by atoms with Gasteiger partial charge in [0.1, 0.15) is 6.04 Å². The summed E-state index contributed by atoms with van der Waals surface area (Å²) in [7, 11) is 0. The highest BCUT2D eigenvalue weighted by Gasteiger charge is 2.28. The maximum atomic E-state index is 12.7. The number of hydrogen-bond donors (Lipinski definition) is 1. The molecule has 1 unspecified atom stereocenters. The normalized spacial score (nSPS) is 16.9. The van der Waals surface area contributed by atoms with Crippen molar-refractivity contribution in [1.29, 1.82) is 0 Å². The van der Waals surface area contributed by atoms with E-state index in [1.165, 1.54) is 0 Å². The van der Waals surface area contributed by atoms with Crippen LogP contribution in [0.5, 0.6) is 0 Å². The molecule has 5 heteroatoms. The van der Waals surface area contributed by atoms with E-state index in [2.05, 4.69) is 12.2 Å². The zero-order chi connectivity index (χ0) is 16.8. The fraction of sp³-hybridized carbons (Fsp3) is 0.556. The van der Waals surface area contributed by atoms with Gasteiger partial charge in [-0.25, -0.2) is 0 Å². The fourth-order valence-corrected chi connectivity index (χ4v) is 3.06. The van der Waals surface area contributed by atoms with E-state index < -0.39 is 6.04 Å². The third-order valence-electron chi connectivity index (χ3n) is 4.36. The second-order valence-electron chi connectivity index (χ2n) is 6.33. The van der Waals surface area contributed by atoms with Crippen molar-refractivity contribution in [2.45, 2.75) is 45.6 Å². The molecule has 0 radical (unpaired) electrons. The fourth-order valence-electron chi connectivity index (χ4n) is 2.87. The summed E-state index contributed by atoms with van der Waals surface area (Å²) in [6, 6.07) is 6.33. The summed E-state index contributed by atoms with van der Waals surface area (Å²) in [6.45, 7) is 5.80. The molecule has 1 saturated heterocycles. The largest absolute Gasteiger partial charge is 0.341 e. The number of nitrogens with one attached hydrogen (secondary N) is 1. The molecule has 1 aromatic rings. The monoisotopic (exact) mass is 336 g/mol. The Morgan fingerprint density at radius 3 is 2.65 bits per heavy atom. The van der Waals surface area contributed by atoms with Crippen LogP contribution in [0.15, 0.2) is 24.3 Å². The molecule has 1 aromatic carbocycles. The highest BCUT2D eigenvalue weighted by molar-refractivity contribution is 6.31. The molecule has 0 aromatic heterocycles. The first kappa shape index (κ1) is 17.8. The number of rotatable bonds is 5. The van der Waals surface area contributed by atoms with Crippen molar-refractivity contribution in [3.8, 4) is 0 Å². The Hall–Kier alpha value is -1.55. The number of likely N-dealkylation sites (tertiary alicyclic amines) is 1. The predicted molar refractivity (Wildman–Crippen MR) is 92.6 cm³/mol. The smallest absolute Gasteiger partial charge is 0.251 e. The lowest BCUT2D eigenvalue weighted by Crippen LogP contribution is -2.50. The molecule has 2 amide bonds. The highest BCUT2D eigenvalue weighted by atomic mass is 35.5. The molecule has 0 bridgehead atoms. The average Bonchev–Trinajstić information content (AvgIpc) is 2.54. The third kappa shape index (κ3) is 4.96. The van der Waals surface area contributed by atoms with Gasteiger partial charge in [-0.3, -0.25) is 9.59 Å². The van der Waals surface area contributed by atoms with Gasteiger partial charge in [0.2, 0.25) is 5.91 Å². The van der Waals surface area contributed by atoms with Crippen LogP contribution in [0.3, 0.4) is 0 Å². The number of nitrogens with zero attached hydrogens (tertiary/aromatic N) is 1. The minimum atomic E-state index is -0.458. The Morgan fingerprint density at radius 1 is 1.35 bits per heavy atom. The third-order valence-corrected chi connectivity index (χ3v) is 4.60. The van der Waals surface area contributed by atoms with E-state index in [0.717, 1.165) is 32.4 Å². The molecule has 1 fully saturated rings. The first-order valence-corrected chi connectivity index (χ1v) is 8.74. The highest BCUT2D eigenvalue weighted by Crippen LogP contribution is 2.18. The predicted octanol–water partition coefficient (Wildman–Crippen LogP) is 3.50. The standard InChI is InChI=1S/C18H25ClN2O2/c1-3-5-16(18(23)21-10-8-13(2)9-11-21)20-17(22)14-6-4-7-15(19)12-14/h4,6-7,12-13,16H,3,5,8-11H2,1-2H3,(H,20,22). The Morgan fingerprint density at radius 2 is 2.04 bits per heavy atom. The van der Waals surface area contributed by atoms with E-state index in [1.54, 1.807) is 24.3 Å². The number of amides is 2. The quantitative estimate of drug-likeness (QED) is 0.894. The lowest BCUT2D eigenvalue weighted by atomic mass is 9.98. The van der Waals surface area contributed by atoms with Crippen molar-refractivity contribution in [3.05, 3.63) is 34.9 Å². The zero-order valence-electron chi connectivity index (χ0n) is 13.8. The van der Waals surface area contributed by atoms with Gasteiger partial charge in [0, 0.05) is 23.7 Å². The molecule has 1 aliphatic heterocycles. The number of carbonyl (C=O) groups is 2. The molecular formula is C18H25ClN2O2. The summed E-state index contributed by atoms with van der Waals surface area (Å²) < 4.78 is 0.